The van der Waals surface area contributed by atoms with Crippen LogP contribution in [0.3, 0.4) is 0 Å². The fraction of sp³-hybridized carbons (Fsp3) is 0.316. The van der Waals surface area contributed by atoms with Gasteiger partial charge in [-0.05, 0) is 18.2 Å². The third kappa shape index (κ3) is 3.01. The highest BCUT2D eigenvalue weighted by atomic mass is 16.6. The van der Waals surface area contributed by atoms with Gasteiger partial charge in [0.25, 0.3) is 5.69 Å². The van der Waals surface area contributed by atoms with Crippen LogP contribution in [0, 0.1) is 10.1 Å². The van der Waals surface area contributed by atoms with Crippen LogP contribution in [0.5, 0.6) is 0 Å². The first-order valence-electron chi connectivity index (χ1n) is 8.74. The normalized spacial score (nSPS) is 15.5. The molecule has 0 saturated carbocycles. The molecule has 0 aliphatic carbocycles. The summed E-state index contributed by atoms with van der Waals surface area (Å²) in [7, 11) is 2.05. The highest BCUT2D eigenvalue weighted by Crippen LogP contribution is 2.28. The monoisotopic (exact) mass is 351 g/mol. The molecule has 0 unspecified atom stereocenters. The van der Waals surface area contributed by atoms with Gasteiger partial charge in [-0.1, -0.05) is 24.3 Å². The zero-order valence-electron chi connectivity index (χ0n) is 14.7. The molecule has 1 fully saturated rings. The van der Waals surface area contributed by atoms with E-state index in [1.54, 1.807) is 12.1 Å². The predicted octanol–water partition coefficient (Wildman–Crippen LogP) is 2.80. The summed E-state index contributed by atoms with van der Waals surface area (Å²) >= 11 is 0. The summed E-state index contributed by atoms with van der Waals surface area (Å²) in [5, 5.41) is 11.3. The van der Waals surface area contributed by atoms with Crippen LogP contribution in [0.2, 0.25) is 0 Å². The molecule has 3 aromatic rings. The van der Waals surface area contributed by atoms with Crippen molar-refractivity contribution in [3.05, 3.63) is 64.5 Å². The van der Waals surface area contributed by atoms with E-state index in [1.165, 1.54) is 0 Å². The number of nitro groups is 1. The molecule has 0 spiro atoms. The largest absolute Gasteiger partial charge is 0.363 e. The number of imidazole rings is 1. The molecule has 1 aliphatic rings. The van der Waals surface area contributed by atoms with E-state index in [-0.39, 0.29) is 10.6 Å². The smallest absolute Gasteiger partial charge is 0.292 e. The molecule has 1 saturated heterocycles. The van der Waals surface area contributed by atoms with Gasteiger partial charge in [0.2, 0.25) is 0 Å². The Bertz CT molecular complexity index is 944. The van der Waals surface area contributed by atoms with Crippen LogP contribution in [0.15, 0.2) is 48.5 Å². The summed E-state index contributed by atoms with van der Waals surface area (Å²) in [6.07, 6.45) is 0. The molecule has 0 radical (unpaired) electrons. The van der Waals surface area contributed by atoms with E-state index in [9.17, 15) is 10.1 Å². The Kier molecular flexibility index (Phi) is 4.30. The van der Waals surface area contributed by atoms with Crippen molar-refractivity contribution in [2.45, 2.75) is 6.54 Å². The molecule has 0 N–H and O–H groups in total. The number of rotatable bonds is 4. The van der Waals surface area contributed by atoms with E-state index in [1.807, 2.05) is 37.4 Å². The summed E-state index contributed by atoms with van der Waals surface area (Å²) < 4.78 is 2.14. The Morgan fingerprint density at radius 3 is 2.46 bits per heavy atom. The van der Waals surface area contributed by atoms with Gasteiger partial charge in [-0.2, -0.15) is 0 Å². The van der Waals surface area contributed by atoms with E-state index in [2.05, 4.69) is 20.4 Å². The van der Waals surface area contributed by atoms with Crippen LogP contribution < -0.4 is 4.90 Å². The average Bonchev–Trinajstić information content (AvgIpc) is 2.98. The maximum Gasteiger partial charge on any atom is 0.292 e. The number of hydrogen-bond donors (Lipinski definition) is 0. The topological polar surface area (TPSA) is 67.4 Å². The predicted molar refractivity (Wildman–Crippen MR) is 101 cm³/mol. The van der Waals surface area contributed by atoms with Crippen molar-refractivity contribution < 1.29 is 4.92 Å². The lowest BCUT2D eigenvalue weighted by atomic mass is 10.2. The first kappa shape index (κ1) is 16.5. The summed E-state index contributed by atoms with van der Waals surface area (Å²) in [4.78, 5) is 20.1. The van der Waals surface area contributed by atoms with E-state index >= 15 is 0 Å². The number of fused-ring (bicyclic) bond motifs is 1. The lowest BCUT2D eigenvalue weighted by Crippen LogP contribution is -2.46. The molecule has 2 aromatic carbocycles. The Balaban J connectivity index is 1.45. The summed E-state index contributed by atoms with van der Waals surface area (Å²) in [5.74, 6) is 1.05. The first-order chi connectivity index (χ1) is 12.6. The van der Waals surface area contributed by atoms with E-state index in [0.29, 0.717) is 5.69 Å². The maximum atomic E-state index is 11.3. The lowest BCUT2D eigenvalue weighted by Gasteiger charge is -2.35. The van der Waals surface area contributed by atoms with Crippen molar-refractivity contribution in [2.24, 2.45) is 7.05 Å². The van der Waals surface area contributed by atoms with Gasteiger partial charge in [-0.3, -0.25) is 15.0 Å². The fourth-order valence-corrected chi connectivity index (χ4v) is 3.57. The fourth-order valence-electron chi connectivity index (χ4n) is 3.57. The number of piperazine rings is 1. The first-order valence-corrected chi connectivity index (χ1v) is 8.74. The number of aromatic nitrogens is 2. The minimum absolute atomic E-state index is 0.177. The van der Waals surface area contributed by atoms with Crippen LogP contribution in [0.1, 0.15) is 5.82 Å². The number of para-hydroxylation sites is 4. The molecule has 7 heteroatoms. The lowest BCUT2D eigenvalue weighted by molar-refractivity contribution is -0.384. The van der Waals surface area contributed by atoms with Gasteiger partial charge in [0.15, 0.2) is 0 Å². The number of aryl methyl sites for hydroxylation is 1. The van der Waals surface area contributed by atoms with Gasteiger partial charge in [0, 0.05) is 39.3 Å². The molecule has 0 bridgehead atoms. The molecule has 1 aromatic heterocycles. The standard InChI is InChI=1S/C19H21N5O2/c1-21-16-7-3-2-6-15(16)20-19(21)14-22-10-12-23(13-11-22)17-8-4-5-9-18(17)24(25)26/h2-9H,10-14H2,1H3. The number of anilines is 1. The molecule has 0 atom stereocenters. The second-order valence-corrected chi connectivity index (χ2v) is 6.58. The van der Waals surface area contributed by atoms with Gasteiger partial charge in [0.05, 0.1) is 22.5 Å². The zero-order chi connectivity index (χ0) is 18.1. The van der Waals surface area contributed by atoms with Crippen LogP contribution in [0.4, 0.5) is 11.4 Å². The summed E-state index contributed by atoms with van der Waals surface area (Å²) in [6.45, 7) is 4.05. The van der Waals surface area contributed by atoms with Crippen molar-refractivity contribution >= 4 is 22.4 Å². The highest BCUT2D eigenvalue weighted by Gasteiger charge is 2.24. The SMILES string of the molecule is Cn1c(CN2CCN(c3ccccc3[N+](=O)[O-])CC2)nc2ccccc21. The van der Waals surface area contributed by atoms with Gasteiger partial charge in [-0.25, -0.2) is 4.98 Å². The molecule has 4 rings (SSSR count). The number of nitro benzene ring substituents is 1. The van der Waals surface area contributed by atoms with E-state index in [4.69, 9.17) is 4.98 Å². The third-order valence-electron chi connectivity index (χ3n) is 5.04. The number of hydrogen-bond acceptors (Lipinski definition) is 5. The molecule has 134 valence electrons. The zero-order valence-corrected chi connectivity index (χ0v) is 14.7. The van der Waals surface area contributed by atoms with Gasteiger partial charge in [0.1, 0.15) is 11.5 Å². The quantitative estimate of drug-likeness (QED) is 0.534. The second kappa shape index (κ2) is 6.76. The Hall–Kier alpha value is -2.93. The highest BCUT2D eigenvalue weighted by molar-refractivity contribution is 5.75. The molecular formula is C19H21N5O2. The van der Waals surface area contributed by atoms with Crippen molar-refractivity contribution in [2.75, 3.05) is 31.1 Å². The van der Waals surface area contributed by atoms with Crippen molar-refractivity contribution in [1.82, 2.24) is 14.5 Å². The van der Waals surface area contributed by atoms with Gasteiger partial charge >= 0.3 is 0 Å². The average molecular weight is 351 g/mol. The van der Waals surface area contributed by atoms with Crippen molar-refractivity contribution in [3.63, 3.8) is 0 Å². The van der Waals surface area contributed by atoms with Crippen molar-refractivity contribution in [3.8, 4) is 0 Å². The molecule has 0 amide bonds. The Morgan fingerprint density at radius 2 is 1.73 bits per heavy atom. The summed E-state index contributed by atoms with van der Waals surface area (Å²) in [5.41, 5.74) is 3.04. The number of benzene rings is 2. The Labute approximate surface area is 151 Å². The van der Waals surface area contributed by atoms with E-state index < -0.39 is 0 Å². The van der Waals surface area contributed by atoms with Crippen LogP contribution in [-0.2, 0) is 13.6 Å². The van der Waals surface area contributed by atoms with Crippen LogP contribution in [-0.4, -0.2) is 45.6 Å². The van der Waals surface area contributed by atoms with Gasteiger partial charge in [-0.15, -0.1) is 0 Å². The molecule has 1 aliphatic heterocycles. The minimum Gasteiger partial charge on any atom is -0.363 e. The molecule has 26 heavy (non-hydrogen) atoms. The number of nitrogens with zero attached hydrogens (tertiary/aromatic N) is 5. The molecule has 2 heterocycles. The van der Waals surface area contributed by atoms with Crippen molar-refractivity contribution in [1.29, 1.82) is 0 Å². The maximum absolute atomic E-state index is 11.3. The Morgan fingerprint density at radius 1 is 1.04 bits per heavy atom. The summed E-state index contributed by atoms with van der Waals surface area (Å²) in [6, 6.07) is 15.1. The third-order valence-corrected chi connectivity index (χ3v) is 5.04. The van der Waals surface area contributed by atoms with Crippen LogP contribution >= 0.6 is 0 Å². The minimum atomic E-state index is -0.304. The molecule has 7 nitrogen and oxygen atoms in total. The van der Waals surface area contributed by atoms with Crippen LogP contribution in [0.25, 0.3) is 11.0 Å². The van der Waals surface area contributed by atoms with E-state index in [0.717, 1.165) is 49.6 Å². The van der Waals surface area contributed by atoms with Gasteiger partial charge < -0.3 is 9.47 Å². The molecular weight excluding hydrogens is 330 g/mol. The second-order valence-electron chi connectivity index (χ2n) is 6.58.